The van der Waals surface area contributed by atoms with Crippen molar-refractivity contribution in [2.45, 2.75) is 0 Å². The van der Waals surface area contributed by atoms with Crippen molar-refractivity contribution < 1.29 is 4.74 Å². The molecule has 1 N–H and O–H groups in total. The van der Waals surface area contributed by atoms with Gasteiger partial charge in [-0.3, -0.25) is 4.57 Å². The fraction of sp³-hybridized carbons (Fsp3) is 0.188. The molecule has 20 heavy (non-hydrogen) atoms. The number of benzene rings is 2. The average Bonchev–Trinajstić information content (AvgIpc) is 2.95. The van der Waals surface area contributed by atoms with Crippen LogP contribution in [0.15, 0.2) is 54.9 Å². The fourth-order valence-electron chi connectivity index (χ4n) is 2.23. The third-order valence-electron chi connectivity index (χ3n) is 3.24. The molecule has 0 aliphatic rings. The van der Waals surface area contributed by atoms with E-state index in [9.17, 15) is 0 Å². The van der Waals surface area contributed by atoms with Gasteiger partial charge in [-0.05, 0) is 22.9 Å². The van der Waals surface area contributed by atoms with Gasteiger partial charge in [-0.1, -0.05) is 30.3 Å². The molecule has 0 aliphatic carbocycles. The molecule has 2 aromatic carbocycles. The van der Waals surface area contributed by atoms with E-state index in [0.29, 0.717) is 6.61 Å². The van der Waals surface area contributed by atoms with Crippen LogP contribution >= 0.6 is 0 Å². The summed E-state index contributed by atoms with van der Waals surface area (Å²) in [7, 11) is 1.69. The number of rotatable bonds is 5. The van der Waals surface area contributed by atoms with Crippen LogP contribution in [0.3, 0.4) is 0 Å². The molecule has 4 nitrogen and oxygen atoms in total. The summed E-state index contributed by atoms with van der Waals surface area (Å²) in [4.78, 5) is 4.34. The van der Waals surface area contributed by atoms with Crippen LogP contribution in [0, 0.1) is 0 Å². The number of methoxy groups -OCH3 is 1. The molecule has 0 radical (unpaired) electrons. The summed E-state index contributed by atoms with van der Waals surface area (Å²) >= 11 is 0. The van der Waals surface area contributed by atoms with Crippen LogP contribution in [0.25, 0.3) is 16.5 Å². The molecule has 102 valence electrons. The zero-order valence-corrected chi connectivity index (χ0v) is 11.4. The maximum atomic E-state index is 5.04. The number of hydrogen-bond acceptors (Lipinski definition) is 3. The van der Waals surface area contributed by atoms with Crippen LogP contribution in [-0.2, 0) is 4.74 Å². The van der Waals surface area contributed by atoms with Gasteiger partial charge < -0.3 is 10.1 Å². The van der Waals surface area contributed by atoms with Crippen LogP contribution in [-0.4, -0.2) is 29.8 Å². The van der Waals surface area contributed by atoms with Gasteiger partial charge in [-0.15, -0.1) is 0 Å². The highest BCUT2D eigenvalue weighted by Crippen LogP contribution is 2.20. The van der Waals surface area contributed by atoms with Crippen molar-refractivity contribution in [1.29, 1.82) is 0 Å². The lowest BCUT2D eigenvalue weighted by molar-refractivity contribution is 0.210. The number of imidazole rings is 1. The Bertz CT molecular complexity index is 706. The second-order valence-corrected chi connectivity index (χ2v) is 4.57. The Morgan fingerprint density at radius 3 is 2.85 bits per heavy atom. The molecule has 3 aromatic rings. The predicted molar refractivity (Wildman–Crippen MR) is 81.4 cm³/mol. The molecule has 4 heteroatoms. The lowest BCUT2D eigenvalue weighted by Gasteiger charge is -2.10. The Kier molecular flexibility index (Phi) is 3.65. The zero-order chi connectivity index (χ0) is 13.8. The van der Waals surface area contributed by atoms with E-state index in [2.05, 4.69) is 52.8 Å². The fourth-order valence-corrected chi connectivity index (χ4v) is 2.23. The third kappa shape index (κ3) is 2.51. The van der Waals surface area contributed by atoms with E-state index in [4.69, 9.17) is 4.74 Å². The molecule has 0 fully saturated rings. The van der Waals surface area contributed by atoms with Crippen molar-refractivity contribution >= 4 is 16.7 Å². The summed E-state index contributed by atoms with van der Waals surface area (Å²) in [6.45, 7) is 1.39. The Labute approximate surface area is 118 Å². The number of aromatic nitrogens is 2. The van der Waals surface area contributed by atoms with E-state index in [0.717, 1.165) is 18.2 Å². The minimum absolute atomic E-state index is 0.657. The van der Waals surface area contributed by atoms with Crippen LogP contribution < -0.4 is 5.32 Å². The molecule has 1 aromatic heterocycles. The number of ether oxygens (including phenoxy) is 1. The van der Waals surface area contributed by atoms with Gasteiger partial charge in [0, 0.05) is 31.7 Å². The molecule has 0 saturated heterocycles. The van der Waals surface area contributed by atoms with E-state index in [1.54, 1.807) is 13.3 Å². The quantitative estimate of drug-likeness (QED) is 0.722. The average molecular weight is 267 g/mol. The second-order valence-electron chi connectivity index (χ2n) is 4.57. The zero-order valence-electron chi connectivity index (χ0n) is 11.4. The van der Waals surface area contributed by atoms with Gasteiger partial charge in [0.2, 0.25) is 5.95 Å². The summed E-state index contributed by atoms with van der Waals surface area (Å²) in [5, 5.41) is 5.73. The van der Waals surface area contributed by atoms with E-state index in [-0.39, 0.29) is 0 Å². The second kappa shape index (κ2) is 5.75. The topological polar surface area (TPSA) is 39.1 Å². The highest BCUT2D eigenvalue weighted by Gasteiger charge is 2.04. The summed E-state index contributed by atoms with van der Waals surface area (Å²) in [6.07, 6.45) is 3.75. The molecule has 0 bridgehead atoms. The van der Waals surface area contributed by atoms with Crippen molar-refractivity contribution in [3.63, 3.8) is 0 Å². The monoisotopic (exact) mass is 267 g/mol. The minimum atomic E-state index is 0.657. The standard InChI is InChI=1S/C16H17N3O/c1-20-11-9-18-16-17-8-10-19(16)15-7-6-13-4-2-3-5-14(13)12-15/h2-8,10,12H,9,11H2,1H3,(H,17,18). The first-order valence-corrected chi connectivity index (χ1v) is 6.64. The predicted octanol–water partition coefficient (Wildman–Crippen LogP) is 3.08. The van der Waals surface area contributed by atoms with E-state index in [1.807, 2.05) is 10.8 Å². The number of anilines is 1. The van der Waals surface area contributed by atoms with Crippen LogP contribution in [0.1, 0.15) is 0 Å². The van der Waals surface area contributed by atoms with Gasteiger partial charge in [0.15, 0.2) is 0 Å². The highest BCUT2D eigenvalue weighted by molar-refractivity contribution is 5.84. The van der Waals surface area contributed by atoms with Crippen molar-refractivity contribution in [2.75, 3.05) is 25.6 Å². The van der Waals surface area contributed by atoms with Crippen molar-refractivity contribution in [3.05, 3.63) is 54.9 Å². The molecule has 0 unspecified atom stereocenters. The molecular weight excluding hydrogens is 250 g/mol. The molecule has 0 spiro atoms. The molecule has 0 saturated carbocycles. The van der Waals surface area contributed by atoms with Crippen LogP contribution in [0.2, 0.25) is 0 Å². The van der Waals surface area contributed by atoms with Gasteiger partial charge in [0.25, 0.3) is 0 Å². The number of nitrogens with one attached hydrogen (secondary N) is 1. The smallest absolute Gasteiger partial charge is 0.207 e. The maximum absolute atomic E-state index is 5.04. The van der Waals surface area contributed by atoms with Gasteiger partial charge in [0.1, 0.15) is 0 Å². The van der Waals surface area contributed by atoms with Crippen molar-refractivity contribution in [3.8, 4) is 5.69 Å². The normalized spacial score (nSPS) is 10.8. The van der Waals surface area contributed by atoms with Crippen molar-refractivity contribution in [2.24, 2.45) is 0 Å². The first-order chi connectivity index (χ1) is 9.88. The van der Waals surface area contributed by atoms with Gasteiger partial charge in [-0.2, -0.15) is 0 Å². The van der Waals surface area contributed by atoms with Gasteiger partial charge in [-0.25, -0.2) is 4.98 Å². The highest BCUT2D eigenvalue weighted by atomic mass is 16.5. The van der Waals surface area contributed by atoms with Crippen LogP contribution in [0.5, 0.6) is 0 Å². The number of fused-ring (bicyclic) bond motifs is 1. The summed E-state index contributed by atoms with van der Waals surface area (Å²) in [5.41, 5.74) is 1.10. The molecule has 3 rings (SSSR count). The van der Waals surface area contributed by atoms with E-state index in [1.165, 1.54) is 10.8 Å². The molecule has 0 amide bonds. The minimum Gasteiger partial charge on any atom is -0.383 e. The van der Waals surface area contributed by atoms with Crippen molar-refractivity contribution in [1.82, 2.24) is 9.55 Å². The largest absolute Gasteiger partial charge is 0.383 e. The molecule has 1 heterocycles. The summed E-state index contributed by atoms with van der Waals surface area (Å²) in [6, 6.07) is 14.7. The SMILES string of the molecule is COCCNc1nccn1-c1ccc2ccccc2c1. The van der Waals surface area contributed by atoms with Gasteiger partial charge >= 0.3 is 0 Å². The first-order valence-electron chi connectivity index (χ1n) is 6.64. The number of hydrogen-bond donors (Lipinski definition) is 1. The molecule has 0 atom stereocenters. The molecular formula is C16H17N3O. The Morgan fingerprint density at radius 1 is 1.15 bits per heavy atom. The summed E-state index contributed by atoms with van der Waals surface area (Å²) in [5.74, 6) is 0.831. The third-order valence-corrected chi connectivity index (χ3v) is 3.24. The lowest BCUT2D eigenvalue weighted by Crippen LogP contribution is -2.11. The Balaban J connectivity index is 1.92. The Morgan fingerprint density at radius 2 is 2.00 bits per heavy atom. The lowest BCUT2D eigenvalue weighted by atomic mass is 10.1. The van der Waals surface area contributed by atoms with E-state index >= 15 is 0 Å². The van der Waals surface area contributed by atoms with Gasteiger partial charge in [0.05, 0.1) is 6.61 Å². The van der Waals surface area contributed by atoms with E-state index < -0.39 is 0 Å². The summed E-state index contributed by atoms with van der Waals surface area (Å²) < 4.78 is 7.09. The first kappa shape index (κ1) is 12.7. The Hall–Kier alpha value is -2.33. The molecule has 0 aliphatic heterocycles. The maximum Gasteiger partial charge on any atom is 0.207 e. The number of nitrogens with zero attached hydrogens (tertiary/aromatic N) is 2. The van der Waals surface area contributed by atoms with Crippen LogP contribution in [0.4, 0.5) is 5.95 Å².